The van der Waals surface area contributed by atoms with Gasteiger partial charge in [-0.3, -0.25) is 5.41 Å². The SMILES string of the molecule is Cc1ccc(N(CCO)C2CCCC2)c(C(=N)N)c1. The molecule has 0 heterocycles. The first kappa shape index (κ1) is 13.9. The highest BCUT2D eigenvalue weighted by Crippen LogP contribution is 2.30. The van der Waals surface area contributed by atoms with Crippen LogP contribution < -0.4 is 10.6 Å². The molecule has 1 fully saturated rings. The van der Waals surface area contributed by atoms with Crippen molar-refractivity contribution in [3.05, 3.63) is 29.3 Å². The van der Waals surface area contributed by atoms with Gasteiger partial charge in [0.1, 0.15) is 5.84 Å². The van der Waals surface area contributed by atoms with E-state index in [-0.39, 0.29) is 12.4 Å². The molecule has 4 heteroatoms. The first-order valence-electron chi connectivity index (χ1n) is 6.96. The van der Waals surface area contributed by atoms with Crippen molar-refractivity contribution >= 4 is 11.5 Å². The average Bonchev–Trinajstić information content (AvgIpc) is 2.90. The third kappa shape index (κ3) is 3.07. The zero-order valence-electron chi connectivity index (χ0n) is 11.5. The van der Waals surface area contributed by atoms with Gasteiger partial charge in [-0.2, -0.15) is 0 Å². The number of aliphatic hydroxyl groups is 1. The number of nitrogens with one attached hydrogen (secondary N) is 1. The van der Waals surface area contributed by atoms with Gasteiger partial charge in [0.25, 0.3) is 0 Å². The van der Waals surface area contributed by atoms with E-state index in [2.05, 4.69) is 4.90 Å². The van der Waals surface area contributed by atoms with Crippen molar-refractivity contribution in [3.63, 3.8) is 0 Å². The van der Waals surface area contributed by atoms with Crippen LogP contribution in [0.5, 0.6) is 0 Å². The first-order valence-corrected chi connectivity index (χ1v) is 6.96. The smallest absolute Gasteiger partial charge is 0.124 e. The number of nitrogens with two attached hydrogens (primary N) is 1. The molecule has 0 aliphatic heterocycles. The molecule has 0 aromatic heterocycles. The van der Waals surface area contributed by atoms with Gasteiger partial charge in [-0.25, -0.2) is 0 Å². The number of aryl methyl sites for hydroxylation is 1. The Bertz CT molecular complexity index is 453. The standard InChI is InChI=1S/C15H23N3O/c1-11-6-7-14(13(10-11)15(16)17)18(8-9-19)12-4-2-3-5-12/h6-7,10,12,19H,2-5,8-9H2,1H3,(H3,16,17). The van der Waals surface area contributed by atoms with E-state index in [0.29, 0.717) is 12.6 Å². The quantitative estimate of drug-likeness (QED) is 0.561. The molecular weight excluding hydrogens is 238 g/mol. The Morgan fingerprint density at radius 1 is 1.42 bits per heavy atom. The molecule has 0 unspecified atom stereocenters. The van der Waals surface area contributed by atoms with Crippen LogP contribution in [-0.4, -0.2) is 30.1 Å². The van der Waals surface area contributed by atoms with Crippen LogP contribution in [0.15, 0.2) is 18.2 Å². The van der Waals surface area contributed by atoms with Gasteiger partial charge in [-0.15, -0.1) is 0 Å². The van der Waals surface area contributed by atoms with E-state index in [4.69, 9.17) is 11.1 Å². The summed E-state index contributed by atoms with van der Waals surface area (Å²) in [6, 6.07) is 6.49. The van der Waals surface area contributed by atoms with Gasteiger partial charge in [0.15, 0.2) is 0 Å². The van der Waals surface area contributed by atoms with Crippen molar-refractivity contribution in [3.8, 4) is 0 Å². The van der Waals surface area contributed by atoms with E-state index in [1.807, 2.05) is 25.1 Å². The van der Waals surface area contributed by atoms with Crippen LogP contribution in [0.4, 0.5) is 5.69 Å². The molecule has 1 aliphatic rings. The molecule has 1 aromatic carbocycles. The molecule has 19 heavy (non-hydrogen) atoms. The van der Waals surface area contributed by atoms with Crippen LogP contribution in [0.25, 0.3) is 0 Å². The summed E-state index contributed by atoms with van der Waals surface area (Å²) in [5.74, 6) is 0.0969. The van der Waals surface area contributed by atoms with E-state index in [1.165, 1.54) is 12.8 Å². The second kappa shape index (κ2) is 6.06. The summed E-state index contributed by atoms with van der Waals surface area (Å²) in [7, 11) is 0. The Kier molecular flexibility index (Phi) is 4.43. The monoisotopic (exact) mass is 261 g/mol. The van der Waals surface area contributed by atoms with E-state index in [0.717, 1.165) is 29.7 Å². The van der Waals surface area contributed by atoms with Gasteiger partial charge in [-0.1, -0.05) is 24.5 Å². The highest BCUT2D eigenvalue weighted by molar-refractivity contribution is 6.00. The van der Waals surface area contributed by atoms with Crippen molar-refractivity contribution in [2.75, 3.05) is 18.1 Å². The molecule has 0 bridgehead atoms. The molecule has 0 spiro atoms. The number of rotatable bonds is 5. The maximum Gasteiger partial charge on any atom is 0.124 e. The number of amidine groups is 1. The first-order chi connectivity index (χ1) is 9.13. The lowest BCUT2D eigenvalue weighted by molar-refractivity contribution is 0.297. The minimum atomic E-state index is 0.0969. The molecule has 0 atom stereocenters. The minimum Gasteiger partial charge on any atom is -0.395 e. The molecule has 104 valence electrons. The normalized spacial score (nSPS) is 15.7. The van der Waals surface area contributed by atoms with Crippen LogP contribution in [0.3, 0.4) is 0 Å². The van der Waals surface area contributed by atoms with Crippen LogP contribution >= 0.6 is 0 Å². The fourth-order valence-electron chi connectivity index (χ4n) is 2.94. The summed E-state index contributed by atoms with van der Waals surface area (Å²) < 4.78 is 0. The van der Waals surface area contributed by atoms with Crippen molar-refractivity contribution in [2.45, 2.75) is 38.6 Å². The zero-order valence-corrected chi connectivity index (χ0v) is 11.5. The molecule has 2 rings (SSSR count). The minimum absolute atomic E-state index is 0.0969. The number of hydrogen-bond acceptors (Lipinski definition) is 3. The summed E-state index contributed by atoms with van der Waals surface area (Å²) in [5, 5.41) is 17.1. The second-order valence-electron chi connectivity index (χ2n) is 5.29. The van der Waals surface area contributed by atoms with Gasteiger partial charge in [-0.05, 0) is 31.9 Å². The number of anilines is 1. The lowest BCUT2D eigenvalue weighted by Gasteiger charge is -2.32. The van der Waals surface area contributed by atoms with E-state index >= 15 is 0 Å². The summed E-state index contributed by atoms with van der Waals surface area (Å²) in [5.41, 5.74) is 8.57. The van der Waals surface area contributed by atoms with Crippen molar-refractivity contribution in [1.29, 1.82) is 5.41 Å². The molecular formula is C15H23N3O. The highest BCUT2D eigenvalue weighted by Gasteiger charge is 2.24. The van der Waals surface area contributed by atoms with Crippen molar-refractivity contribution in [2.24, 2.45) is 5.73 Å². The predicted octanol–water partition coefficient (Wildman–Crippen LogP) is 2.02. The Labute approximate surface area is 114 Å². The number of nitrogen functional groups attached to an aromatic ring is 1. The topological polar surface area (TPSA) is 73.3 Å². The van der Waals surface area contributed by atoms with Crippen molar-refractivity contribution in [1.82, 2.24) is 0 Å². The van der Waals surface area contributed by atoms with Gasteiger partial charge in [0.2, 0.25) is 0 Å². The molecule has 4 N–H and O–H groups in total. The number of aliphatic hydroxyl groups excluding tert-OH is 1. The molecule has 1 saturated carbocycles. The second-order valence-corrected chi connectivity index (χ2v) is 5.29. The van der Waals surface area contributed by atoms with Crippen LogP contribution in [0, 0.1) is 12.3 Å². The summed E-state index contributed by atoms with van der Waals surface area (Å²) in [4.78, 5) is 2.23. The van der Waals surface area contributed by atoms with Gasteiger partial charge in [0, 0.05) is 23.8 Å². The lowest BCUT2D eigenvalue weighted by Crippen LogP contribution is -2.37. The van der Waals surface area contributed by atoms with Crippen LogP contribution in [0.2, 0.25) is 0 Å². The van der Waals surface area contributed by atoms with Crippen LogP contribution in [0.1, 0.15) is 36.8 Å². The fourth-order valence-corrected chi connectivity index (χ4v) is 2.94. The molecule has 0 radical (unpaired) electrons. The fraction of sp³-hybridized carbons (Fsp3) is 0.533. The Morgan fingerprint density at radius 3 is 2.68 bits per heavy atom. The van der Waals surface area contributed by atoms with Crippen molar-refractivity contribution < 1.29 is 5.11 Å². The number of nitrogens with zero attached hydrogens (tertiary/aromatic N) is 1. The zero-order chi connectivity index (χ0) is 13.8. The van der Waals surface area contributed by atoms with Crippen LogP contribution in [-0.2, 0) is 0 Å². The number of benzene rings is 1. The largest absolute Gasteiger partial charge is 0.395 e. The highest BCUT2D eigenvalue weighted by atomic mass is 16.3. The van der Waals surface area contributed by atoms with Gasteiger partial charge < -0.3 is 15.7 Å². The summed E-state index contributed by atoms with van der Waals surface area (Å²) >= 11 is 0. The molecule has 1 aliphatic carbocycles. The molecule has 1 aromatic rings. The Hall–Kier alpha value is -1.55. The lowest BCUT2D eigenvalue weighted by atomic mass is 10.0. The summed E-state index contributed by atoms with van der Waals surface area (Å²) in [6.07, 6.45) is 4.80. The maximum atomic E-state index is 9.32. The third-order valence-electron chi connectivity index (χ3n) is 3.86. The van der Waals surface area contributed by atoms with Gasteiger partial charge in [0.05, 0.1) is 6.61 Å². The molecule has 0 saturated heterocycles. The van der Waals surface area contributed by atoms with E-state index in [9.17, 15) is 5.11 Å². The number of hydrogen-bond donors (Lipinski definition) is 3. The Morgan fingerprint density at radius 2 is 2.11 bits per heavy atom. The molecule has 4 nitrogen and oxygen atoms in total. The average molecular weight is 261 g/mol. The third-order valence-corrected chi connectivity index (χ3v) is 3.86. The van der Waals surface area contributed by atoms with E-state index < -0.39 is 0 Å². The van der Waals surface area contributed by atoms with E-state index in [1.54, 1.807) is 0 Å². The Balaban J connectivity index is 2.37. The summed E-state index contributed by atoms with van der Waals surface area (Å²) in [6.45, 7) is 2.73. The maximum absolute atomic E-state index is 9.32. The predicted molar refractivity (Wildman–Crippen MR) is 78.9 cm³/mol. The van der Waals surface area contributed by atoms with Gasteiger partial charge >= 0.3 is 0 Å². The molecule has 0 amide bonds.